The van der Waals surface area contributed by atoms with Gasteiger partial charge >= 0.3 is 0 Å². The molecule has 0 fully saturated rings. The maximum atomic E-state index is 12.3. The average molecular weight is 413 g/mol. The summed E-state index contributed by atoms with van der Waals surface area (Å²) in [5.74, 6) is 0.979. The maximum absolute atomic E-state index is 12.3. The summed E-state index contributed by atoms with van der Waals surface area (Å²) in [4.78, 5) is 15.4. The van der Waals surface area contributed by atoms with Crippen LogP contribution in [0.15, 0.2) is 90.2 Å². The Kier molecular flexibility index (Phi) is 6.28. The van der Waals surface area contributed by atoms with Crippen LogP contribution < -0.4 is 14.9 Å². The lowest BCUT2D eigenvalue weighted by Gasteiger charge is -2.13. The van der Waals surface area contributed by atoms with E-state index in [-0.39, 0.29) is 5.91 Å². The van der Waals surface area contributed by atoms with Gasteiger partial charge in [0.25, 0.3) is 5.91 Å². The predicted molar refractivity (Wildman–Crippen MR) is 121 cm³/mol. The number of hydrogen-bond donors (Lipinski definition) is 2. The highest BCUT2D eigenvalue weighted by atomic mass is 16.5. The summed E-state index contributed by atoms with van der Waals surface area (Å²) in [6.45, 7) is 2.17. The fourth-order valence-corrected chi connectivity index (χ4v) is 3.07. The summed E-state index contributed by atoms with van der Waals surface area (Å²) in [5, 5.41) is 5.09. The molecule has 0 aliphatic carbocycles. The van der Waals surface area contributed by atoms with Crippen LogP contribution in [0.1, 0.15) is 18.1 Å². The number of H-pyrrole nitrogens is 1. The molecule has 0 saturated heterocycles. The largest absolute Gasteiger partial charge is 0.489 e. The molecule has 4 aromatic rings. The Balaban J connectivity index is 1.27. The first-order chi connectivity index (χ1) is 15.2. The molecule has 0 radical (unpaired) electrons. The van der Waals surface area contributed by atoms with E-state index in [1.165, 1.54) is 0 Å². The van der Waals surface area contributed by atoms with Crippen molar-refractivity contribution in [2.45, 2.75) is 19.6 Å². The highest BCUT2D eigenvalue weighted by molar-refractivity contribution is 5.99. The molecule has 1 heterocycles. The third-order valence-electron chi connectivity index (χ3n) is 4.75. The standard InChI is InChI=1S/C25H23N3O3/c1-18(25(29)28-27-16-20-15-26-24-10-6-5-9-23(20)24)31-22-13-11-21(12-14-22)30-17-19-7-3-2-4-8-19/h2-16,18,26H,17H2,1H3,(H,28,29)/b27-16-/t18-/m1/s1. The van der Waals surface area contributed by atoms with Crippen LogP contribution in [-0.2, 0) is 11.4 Å². The van der Waals surface area contributed by atoms with Crippen molar-refractivity contribution in [3.8, 4) is 11.5 Å². The number of rotatable bonds is 8. The smallest absolute Gasteiger partial charge is 0.280 e. The van der Waals surface area contributed by atoms with Crippen LogP contribution in [0.2, 0.25) is 0 Å². The Morgan fingerprint density at radius 1 is 1.00 bits per heavy atom. The number of aromatic amines is 1. The number of hydrazone groups is 1. The number of hydrogen-bond acceptors (Lipinski definition) is 4. The van der Waals surface area contributed by atoms with E-state index in [0.29, 0.717) is 12.4 Å². The first-order valence-electron chi connectivity index (χ1n) is 10.0. The molecular formula is C25H23N3O3. The van der Waals surface area contributed by atoms with Gasteiger partial charge in [-0.1, -0.05) is 48.5 Å². The van der Waals surface area contributed by atoms with Gasteiger partial charge in [0.05, 0.1) is 6.21 Å². The van der Waals surface area contributed by atoms with E-state index in [9.17, 15) is 4.79 Å². The first-order valence-corrected chi connectivity index (χ1v) is 10.0. The molecular weight excluding hydrogens is 390 g/mol. The number of carbonyl (C=O) groups excluding carboxylic acids is 1. The number of fused-ring (bicyclic) bond motifs is 1. The summed E-state index contributed by atoms with van der Waals surface area (Å²) in [5.41, 5.74) is 5.54. The molecule has 2 N–H and O–H groups in total. The quantitative estimate of drug-likeness (QED) is 0.326. The summed E-state index contributed by atoms with van der Waals surface area (Å²) in [7, 11) is 0. The number of nitrogens with one attached hydrogen (secondary N) is 2. The van der Waals surface area contributed by atoms with Gasteiger partial charge in [0, 0.05) is 22.7 Å². The monoisotopic (exact) mass is 413 g/mol. The number of carbonyl (C=O) groups is 1. The second-order valence-electron chi connectivity index (χ2n) is 7.03. The van der Waals surface area contributed by atoms with Crippen LogP contribution in [0.3, 0.4) is 0 Å². The SMILES string of the molecule is C[C@@H](Oc1ccc(OCc2ccccc2)cc1)C(=O)N/N=C\c1c[nH]c2ccccc12. The molecule has 6 nitrogen and oxygen atoms in total. The van der Waals surface area contributed by atoms with E-state index >= 15 is 0 Å². The van der Waals surface area contributed by atoms with Crippen molar-refractivity contribution >= 4 is 23.0 Å². The molecule has 1 atom stereocenters. The van der Waals surface area contributed by atoms with Crippen molar-refractivity contribution in [2.24, 2.45) is 5.10 Å². The topological polar surface area (TPSA) is 75.7 Å². The molecule has 0 aliphatic rings. The lowest BCUT2D eigenvalue weighted by atomic mass is 10.2. The van der Waals surface area contributed by atoms with E-state index in [1.807, 2.05) is 72.9 Å². The highest BCUT2D eigenvalue weighted by Gasteiger charge is 2.14. The Hall–Kier alpha value is -4.06. The molecule has 156 valence electrons. The van der Waals surface area contributed by atoms with Gasteiger partial charge in [0.2, 0.25) is 0 Å². The van der Waals surface area contributed by atoms with Crippen molar-refractivity contribution in [3.05, 3.63) is 96.2 Å². The zero-order valence-electron chi connectivity index (χ0n) is 17.1. The average Bonchev–Trinajstić information content (AvgIpc) is 3.22. The molecule has 4 rings (SSSR count). The van der Waals surface area contributed by atoms with Gasteiger partial charge in [-0.25, -0.2) is 5.43 Å². The van der Waals surface area contributed by atoms with Crippen LogP contribution in [-0.4, -0.2) is 23.2 Å². The van der Waals surface area contributed by atoms with Crippen LogP contribution in [0, 0.1) is 0 Å². The second kappa shape index (κ2) is 9.63. The Morgan fingerprint density at radius 3 is 2.52 bits per heavy atom. The van der Waals surface area contributed by atoms with Gasteiger partial charge in [-0.2, -0.15) is 5.10 Å². The van der Waals surface area contributed by atoms with Crippen molar-refractivity contribution in [2.75, 3.05) is 0 Å². The van der Waals surface area contributed by atoms with Gasteiger partial charge in [-0.15, -0.1) is 0 Å². The molecule has 6 heteroatoms. The Morgan fingerprint density at radius 2 is 1.71 bits per heavy atom. The van der Waals surface area contributed by atoms with E-state index in [0.717, 1.165) is 27.8 Å². The van der Waals surface area contributed by atoms with Gasteiger partial charge in [0.15, 0.2) is 6.10 Å². The zero-order chi connectivity index (χ0) is 21.5. The number of nitrogens with zero attached hydrogens (tertiary/aromatic N) is 1. The van der Waals surface area contributed by atoms with Crippen molar-refractivity contribution in [3.63, 3.8) is 0 Å². The highest BCUT2D eigenvalue weighted by Crippen LogP contribution is 2.20. The van der Waals surface area contributed by atoms with E-state index in [4.69, 9.17) is 9.47 Å². The van der Waals surface area contributed by atoms with E-state index in [2.05, 4.69) is 15.5 Å². The van der Waals surface area contributed by atoms with Crippen molar-refractivity contribution in [1.82, 2.24) is 10.4 Å². The van der Waals surface area contributed by atoms with Gasteiger partial charge in [-0.05, 0) is 42.8 Å². The number of benzene rings is 3. The summed E-state index contributed by atoms with van der Waals surface area (Å²) < 4.78 is 11.5. The zero-order valence-corrected chi connectivity index (χ0v) is 17.1. The second-order valence-corrected chi connectivity index (χ2v) is 7.03. The Bertz CT molecular complexity index is 1170. The molecule has 0 unspecified atom stereocenters. The van der Waals surface area contributed by atoms with E-state index in [1.54, 1.807) is 25.3 Å². The fourth-order valence-electron chi connectivity index (χ4n) is 3.07. The normalized spacial score (nSPS) is 12.0. The summed E-state index contributed by atoms with van der Waals surface area (Å²) >= 11 is 0. The number of aromatic nitrogens is 1. The maximum Gasteiger partial charge on any atom is 0.280 e. The molecule has 0 saturated carbocycles. The molecule has 0 spiro atoms. The van der Waals surface area contributed by atoms with Gasteiger partial charge < -0.3 is 14.5 Å². The fraction of sp³-hybridized carbons (Fsp3) is 0.120. The first kappa shape index (κ1) is 20.2. The third-order valence-corrected chi connectivity index (χ3v) is 4.75. The number of ether oxygens (including phenoxy) is 2. The summed E-state index contributed by atoms with van der Waals surface area (Å²) in [6.07, 6.45) is 2.76. The minimum atomic E-state index is -0.698. The minimum absolute atomic E-state index is 0.333. The number of para-hydroxylation sites is 1. The van der Waals surface area contributed by atoms with Crippen molar-refractivity contribution < 1.29 is 14.3 Å². The van der Waals surface area contributed by atoms with Gasteiger partial charge in [0.1, 0.15) is 18.1 Å². The molecule has 3 aromatic carbocycles. The molecule has 31 heavy (non-hydrogen) atoms. The lowest BCUT2D eigenvalue weighted by molar-refractivity contribution is -0.127. The molecule has 1 aromatic heterocycles. The van der Waals surface area contributed by atoms with Crippen LogP contribution in [0.25, 0.3) is 10.9 Å². The lowest BCUT2D eigenvalue weighted by Crippen LogP contribution is -2.33. The summed E-state index contributed by atoms with van der Waals surface area (Å²) in [6, 6.07) is 25.0. The minimum Gasteiger partial charge on any atom is -0.489 e. The molecule has 1 amide bonds. The Labute approximate surface area is 180 Å². The number of amides is 1. The molecule has 0 bridgehead atoms. The van der Waals surface area contributed by atoms with Gasteiger partial charge in [-0.3, -0.25) is 4.79 Å². The predicted octanol–water partition coefficient (Wildman–Crippen LogP) is 4.66. The third kappa shape index (κ3) is 5.30. The van der Waals surface area contributed by atoms with Crippen molar-refractivity contribution in [1.29, 1.82) is 0 Å². The van der Waals surface area contributed by atoms with E-state index < -0.39 is 6.10 Å². The van der Waals surface area contributed by atoms with Crippen LogP contribution in [0.5, 0.6) is 11.5 Å². The van der Waals surface area contributed by atoms with Crippen LogP contribution >= 0.6 is 0 Å². The van der Waals surface area contributed by atoms with Crippen LogP contribution in [0.4, 0.5) is 0 Å². The molecule has 0 aliphatic heterocycles.